The third-order valence-electron chi connectivity index (χ3n) is 2.98. The molecule has 0 aliphatic heterocycles. The molecule has 2 rings (SSSR count). The Balaban J connectivity index is 2.13. The highest BCUT2D eigenvalue weighted by molar-refractivity contribution is 5.48. The van der Waals surface area contributed by atoms with Crippen molar-refractivity contribution in [1.82, 2.24) is 19.7 Å². The van der Waals surface area contributed by atoms with Gasteiger partial charge in [0.15, 0.2) is 5.69 Å². The van der Waals surface area contributed by atoms with Gasteiger partial charge in [0.25, 0.3) is 0 Å². The van der Waals surface area contributed by atoms with E-state index >= 15 is 0 Å². The molecule has 0 radical (unpaired) electrons. The number of hydrogen-bond donors (Lipinski definition) is 1. The second-order valence-electron chi connectivity index (χ2n) is 4.86. The molecular weight excluding hydrogens is 297 g/mol. The van der Waals surface area contributed by atoms with Crippen molar-refractivity contribution in [1.29, 1.82) is 0 Å². The molecule has 6 nitrogen and oxygen atoms in total. The Labute approximate surface area is 126 Å². The quantitative estimate of drug-likeness (QED) is 0.918. The lowest BCUT2D eigenvalue weighted by Gasteiger charge is -2.13. The minimum atomic E-state index is -4.46. The summed E-state index contributed by atoms with van der Waals surface area (Å²) >= 11 is 0. The summed E-state index contributed by atoms with van der Waals surface area (Å²) in [6.07, 6.45) is -0.124. The third-order valence-corrected chi connectivity index (χ3v) is 2.98. The fourth-order valence-electron chi connectivity index (χ4n) is 1.92. The molecule has 1 N–H and O–H groups in total. The molecule has 0 aromatic carbocycles. The third kappa shape index (κ3) is 3.46. The molecule has 0 bridgehead atoms. The number of nitrogens with one attached hydrogen (secondary N) is 1. The number of hydrogen-bond acceptors (Lipinski definition) is 5. The van der Waals surface area contributed by atoms with Gasteiger partial charge in [-0.15, -0.1) is 0 Å². The summed E-state index contributed by atoms with van der Waals surface area (Å²) in [5.74, 6) is 0.540. The summed E-state index contributed by atoms with van der Waals surface area (Å²) < 4.78 is 40.1. The SMILES string of the molecule is CCn1ncc(NCc2cnc(N(C)C)nc2)c1C(F)(F)F. The van der Waals surface area contributed by atoms with Crippen LogP contribution >= 0.6 is 0 Å². The molecule has 0 saturated carbocycles. The highest BCUT2D eigenvalue weighted by Crippen LogP contribution is 2.34. The molecule has 0 spiro atoms. The molecule has 22 heavy (non-hydrogen) atoms. The van der Waals surface area contributed by atoms with Crippen LogP contribution in [0.3, 0.4) is 0 Å². The first-order chi connectivity index (χ1) is 10.3. The molecular formula is C13H17F3N6. The van der Waals surface area contributed by atoms with Crippen molar-refractivity contribution in [3.63, 3.8) is 0 Å². The van der Waals surface area contributed by atoms with Crippen LogP contribution in [0.15, 0.2) is 18.6 Å². The van der Waals surface area contributed by atoms with Crippen molar-refractivity contribution in [3.05, 3.63) is 29.8 Å². The fourth-order valence-corrected chi connectivity index (χ4v) is 1.92. The van der Waals surface area contributed by atoms with E-state index in [2.05, 4.69) is 20.4 Å². The molecule has 2 aromatic rings. The van der Waals surface area contributed by atoms with Crippen LogP contribution in [0.5, 0.6) is 0 Å². The zero-order valence-corrected chi connectivity index (χ0v) is 12.5. The van der Waals surface area contributed by atoms with Gasteiger partial charge in [-0.05, 0) is 6.92 Å². The first-order valence-electron chi connectivity index (χ1n) is 6.68. The second kappa shape index (κ2) is 6.20. The summed E-state index contributed by atoms with van der Waals surface area (Å²) in [5, 5.41) is 6.49. The average molecular weight is 314 g/mol. The first kappa shape index (κ1) is 16.1. The Hall–Kier alpha value is -2.32. The first-order valence-corrected chi connectivity index (χ1v) is 6.68. The van der Waals surface area contributed by atoms with Crippen molar-refractivity contribution in [2.45, 2.75) is 26.2 Å². The summed E-state index contributed by atoms with van der Waals surface area (Å²) in [4.78, 5) is 9.97. The Morgan fingerprint density at radius 3 is 2.32 bits per heavy atom. The molecule has 0 fully saturated rings. The summed E-state index contributed by atoms with van der Waals surface area (Å²) in [6, 6.07) is 0. The molecule has 0 aliphatic carbocycles. The Bertz CT molecular complexity index is 618. The van der Waals surface area contributed by atoms with Crippen molar-refractivity contribution in [2.75, 3.05) is 24.3 Å². The van der Waals surface area contributed by atoms with Crippen LogP contribution in [0.25, 0.3) is 0 Å². The van der Waals surface area contributed by atoms with Crippen LogP contribution in [-0.4, -0.2) is 33.8 Å². The summed E-state index contributed by atoms with van der Waals surface area (Å²) in [5.41, 5.74) is -0.144. The van der Waals surface area contributed by atoms with E-state index in [0.717, 1.165) is 4.68 Å². The normalized spacial score (nSPS) is 11.5. The van der Waals surface area contributed by atoms with Crippen molar-refractivity contribution in [2.24, 2.45) is 0 Å². The molecule has 2 aromatic heterocycles. The van der Waals surface area contributed by atoms with Crippen LogP contribution in [0.2, 0.25) is 0 Å². The van der Waals surface area contributed by atoms with Gasteiger partial charge in [-0.2, -0.15) is 18.3 Å². The van der Waals surface area contributed by atoms with E-state index in [9.17, 15) is 13.2 Å². The number of anilines is 2. The maximum atomic E-state index is 13.1. The fraction of sp³-hybridized carbons (Fsp3) is 0.462. The lowest BCUT2D eigenvalue weighted by Crippen LogP contribution is -2.16. The minimum absolute atomic E-state index is 0.0500. The van der Waals surface area contributed by atoms with Crippen LogP contribution in [0, 0.1) is 0 Å². The Morgan fingerprint density at radius 1 is 1.18 bits per heavy atom. The molecule has 9 heteroatoms. The maximum absolute atomic E-state index is 13.1. The maximum Gasteiger partial charge on any atom is 0.435 e. The number of nitrogens with zero attached hydrogens (tertiary/aromatic N) is 5. The van der Waals surface area contributed by atoms with Crippen LogP contribution in [0.1, 0.15) is 18.2 Å². The lowest BCUT2D eigenvalue weighted by atomic mass is 10.3. The van der Waals surface area contributed by atoms with Gasteiger partial charge in [0, 0.05) is 45.1 Å². The highest BCUT2D eigenvalue weighted by atomic mass is 19.4. The van der Waals surface area contributed by atoms with Gasteiger partial charge in [0.2, 0.25) is 5.95 Å². The van der Waals surface area contributed by atoms with Crippen molar-refractivity contribution < 1.29 is 13.2 Å². The summed E-state index contributed by atoms with van der Waals surface area (Å²) in [6.45, 7) is 1.95. The Morgan fingerprint density at radius 2 is 1.82 bits per heavy atom. The van der Waals surface area contributed by atoms with Gasteiger partial charge >= 0.3 is 6.18 Å². The number of rotatable bonds is 5. The lowest BCUT2D eigenvalue weighted by molar-refractivity contribution is -0.143. The van der Waals surface area contributed by atoms with E-state index in [1.165, 1.54) is 6.20 Å². The predicted octanol–water partition coefficient (Wildman–Crippen LogP) is 2.39. The molecule has 0 saturated heterocycles. The van der Waals surface area contributed by atoms with Crippen LogP contribution < -0.4 is 10.2 Å². The van der Waals surface area contributed by atoms with Gasteiger partial charge in [0.05, 0.1) is 11.9 Å². The van der Waals surface area contributed by atoms with E-state index < -0.39 is 11.9 Å². The van der Waals surface area contributed by atoms with Gasteiger partial charge < -0.3 is 10.2 Å². The molecule has 0 amide bonds. The van der Waals surface area contributed by atoms with Crippen molar-refractivity contribution >= 4 is 11.6 Å². The smallest absolute Gasteiger partial charge is 0.378 e. The predicted molar refractivity (Wildman–Crippen MR) is 76.6 cm³/mol. The van der Waals surface area contributed by atoms with E-state index in [0.29, 0.717) is 11.5 Å². The van der Waals surface area contributed by atoms with Crippen molar-refractivity contribution in [3.8, 4) is 0 Å². The van der Waals surface area contributed by atoms with E-state index in [1.807, 2.05) is 14.1 Å². The van der Waals surface area contributed by atoms with Crippen LogP contribution in [0.4, 0.5) is 24.8 Å². The minimum Gasteiger partial charge on any atom is -0.378 e. The zero-order valence-electron chi connectivity index (χ0n) is 12.5. The van der Waals surface area contributed by atoms with Gasteiger partial charge in [-0.1, -0.05) is 0 Å². The highest BCUT2D eigenvalue weighted by Gasteiger charge is 2.38. The van der Waals surface area contributed by atoms with E-state index in [1.54, 1.807) is 24.2 Å². The molecule has 0 aliphatic rings. The molecule has 120 valence electrons. The van der Waals surface area contributed by atoms with E-state index in [4.69, 9.17) is 0 Å². The standard InChI is InChI=1S/C13H17F3N6/c1-4-22-11(13(14,15)16)10(8-20-22)17-5-9-6-18-12(19-7-9)21(2)3/h6-8,17H,4-5H2,1-3H3. The molecule has 0 unspecified atom stereocenters. The number of aryl methyl sites for hydroxylation is 1. The second-order valence-corrected chi connectivity index (χ2v) is 4.86. The molecule has 0 atom stereocenters. The van der Waals surface area contributed by atoms with Gasteiger partial charge in [-0.25, -0.2) is 9.97 Å². The molecule has 2 heterocycles. The van der Waals surface area contributed by atoms with Crippen LogP contribution in [-0.2, 0) is 19.3 Å². The van der Waals surface area contributed by atoms with Gasteiger partial charge in [0.1, 0.15) is 0 Å². The number of aromatic nitrogens is 4. The summed E-state index contributed by atoms with van der Waals surface area (Å²) in [7, 11) is 3.62. The zero-order chi connectivity index (χ0) is 16.3. The monoisotopic (exact) mass is 314 g/mol. The Kier molecular flexibility index (Phi) is 4.53. The van der Waals surface area contributed by atoms with Gasteiger partial charge in [-0.3, -0.25) is 4.68 Å². The average Bonchev–Trinajstić information content (AvgIpc) is 2.88. The number of alkyl halides is 3. The number of halogens is 3. The topological polar surface area (TPSA) is 58.9 Å². The largest absolute Gasteiger partial charge is 0.435 e. The van der Waals surface area contributed by atoms with E-state index in [-0.39, 0.29) is 18.8 Å².